The number of hydrogen-bond acceptors (Lipinski definition) is 5. The summed E-state index contributed by atoms with van der Waals surface area (Å²) in [6.45, 7) is 3.87. The standard InChI is InChI=1S/C21H26N4O6/c1-12-4-9-19(16-7-5-14(10-17(12)16)13(2)21(26)27)23(3)22-18-8-6-15(24(28)29)11-20(18)25(30)31/h6,8,10-14,16H,4-5,7,9H2,1-3H3,(H,26,27)/b23-19-. The Hall–Kier alpha value is -3.30. The Balaban J connectivity index is 1.93. The fourth-order valence-electron chi connectivity index (χ4n) is 4.59. The molecule has 1 N–H and O–H groups in total. The van der Waals surface area contributed by atoms with Crippen molar-refractivity contribution in [3.8, 4) is 0 Å². The number of fused-ring (bicyclic) bond motifs is 1. The van der Waals surface area contributed by atoms with Crippen LogP contribution in [0.1, 0.15) is 39.5 Å². The normalized spacial score (nSPS) is 25.6. The van der Waals surface area contributed by atoms with Gasteiger partial charge < -0.3 is 10.5 Å². The molecule has 0 radical (unpaired) electrons. The zero-order chi connectivity index (χ0) is 22.9. The van der Waals surface area contributed by atoms with Crippen molar-refractivity contribution >= 4 is 28.7 Å². The predicted molar refractivity (Wildman–Crippen MR) is 113 cm³/mol. The molecule has 2 aliphatic rings. The van der Waals surface area contributed by atoms with E-state index in [-0.39, 0.29) is 23.2 Å². The van der Waals surface area contributed by atoms with Gasteiger partial charge in [-0.05, 0) is 36.8 Å². The summed E-state index contributed by atoms with van der Waals surface area (Å²) in [5.74, 6) is -0.808. The van der Waals surface area contributed by atoms with Gasteiger partial charge in [-0.3, -0.25) is 29.7 Å². The molecule has 4 unspecified atom stereocenters. The number of nitrogens with zero attached hydrogens (tertiary/aromatic N) is 4. The third kappa shape index (κ3) is 4.57. The van der Waals surface area contributed by atoms with Gasteiger partial charge in [0.25, 0.3) is 11.4 Å². The fourth-order valence-corrected chi connectivity index (χ4v) is 4.59. The number of carboxylic acid groups (broad SMARTS) is 1. The van der Waals surface area contributed by atoms with Gasteiger partial charge in [0.15, 0.2) is 5.71 Å². The molecule has 3 rings (SSSR count). The summed E-state index contributed by atoms with van der Waals surface area (Å²) in [6, 6.07) is 3.42. The molecule has 0 amide bonds. The highest BCUT2D eigenvalue weighted by Gasteiger charge is 2.38. The number of nitro groups is 2. The van der Waals surface area contributed by atoms with E-state index in [1.165, 1.54) is 17.7 Å². The molecule has 166 valence electrons. The van der Waals surface area contributed by atoms with E-state index < -0.39 is 27.4 Å². The van der Waals surface area contributed by atoms with E-state index in [9.17, 15) is 30.1 Å². The van der Waals surface area contributed by atoms with Crippen LogP contribution in [0, 0.1) is 43.9 Å². The van der Waals surface area contributed by atoms with Crippen LogP contribution in [-0.2, 0) is 4.79 Å². The molecule has 1 aromatic carbocycles. The minimum absolute atomic E-state index is 0.0106. The number of nitro benzene ring substituents is 2. The van der Waals surface area contributed by atoms with Gasteiger partial charge in [-0.2, -0.15) is 0 Å². The molecule has 2 aliphatic carbocycles. The van der Waals surface area contributed by atoms with Crippen molar-refractivity contribution in [3.63, 3.8) is 0 Å². The Morgan fingerprint density at radius 3 is 2.52 bits per heavy atom. The smallest absolute Gasteiger partial charge is 0.306 e. The molecule has 1 fully saturated rings. The van der Waals surface area contributed by atoms with Gasteiger partial charge in [0, 0.05) is 12.5 Å². The van der Waals surface area contributed by atoms with Gasteiger partial charge in [-0.15, -0.1) is 0 Å². The largest absolute Gasteiger partial charge is 0.481 e. The molecule has 1 saturated carbocycles. The van der Waals surface area contributed by atoms with Crippen molar-refractivity contribution in [2.24, 2.45) is 23.7 Å². The summed E-state index contributed by atoms with van der Waals surface area (Å²) in [5.41, 5.74) is 5.94. The molecule has 10 nitrogen and oxygen atoms in total. The lowest BCUT2D eigenvalue weighted by Gasteiger charge is -2.37. The third-order valence-corrected chi connectivity index (χ3v) is 6.47. The predicted octanol–water partition coefficient (Wildman–Crippen LogP) is 4.61. The number of benzene rings is 1. The van der Waals surface area contributed by atoms with Crippen LogP contribution in [0.3, 0.4) is 0 Å². The summed E-state index contributed by atoms with van der Waals surface area (Å²) in [6.07, 6.45) is 5.33. The van der Waals surface area contributed by atoms with E-state index in [4.69, 9.17) is 0 Å². The zero-order valence-corrected chi connectivity index (χ0v) is 17.7. The average Bonchev–Trinajstić information content (AvgIpc) is 2.73. The molecule has 10 heteroatoms. The van der Waals surface area contributed by atoms with Crippen molar-refractivity contribution in [2.45, 2.75) is 39.5 Å². The Morgan fingerprint density at radius 2 is 1.90 bits per heavy atom. The minimum atomic E-state index is -0.800. The van der Waals surface area contributed by atoms with Crippen molar-refractivity contribution in [1.82, 2.24) is 0 Å². The van der Waals surface area contributed by atoms with Crippen molar-refractivity contribution in [2.75, 3.05) is 7.05 Å². The Morgan fingerprint density at radius 1 is 1.19 bits per heavy atom. The Labute approximate surface area is 179 Å². The number of aliphatic carboxylic acids is 1. The number of hydrogen-bond donors (Lipinski definition) is 1. The van der Waals surface area contributed by atoms with Gasteiger partial charge >= 0.3 is 5.97 Å². The topological polar surface area (TPSA) is 141 Å². The Bertz CT molecular complexity index is 986. The van der Waals surface area contributed by atoms with E-state index >= 15 is 0 Å². The average molecular weight is 430 g/mol. The minimum Gasteiger partial charge on any atom is -0.481 e. The molecular formula is C21H26N4O6. The first-order valence-corrected chi connectivity index (χ1v) is 10.3. The van der Waals surface area contributed by atoms with Crippen LogP contribution in [0.5, 0.6) is 0 Å². The molecule has 0 aliphatic heterocycles. The number of non-ortho nitro benzene ring substituents is 1. The van der Waals surface area contributed by atoms with E-state index in [1.807, 2.05) is 0 Å². The van der Waals surface area contributed by atoms with Gasteiger partial charge in [0.1, 0.15) is 7.05 Å². The second-order valence-electron chi connectivity index (χ2n) is 8.33. The van der Waals surface area contributed by atoms with Crippen LogP contribution >= 0.6 is 0 Å². The van der Waals surface area contributed by atoms with Crippen molar-refractivity contribution < 1.29 is 24.4 Å². The van der Waals surface area contributed by atoms with Gasteiger partial charge in [-0.25, -0.2) is 0 Å². The van der Waals surface area contributed by atoms with Crippen molar-refractivity contribution in [1.29, 1.82) is 0 Å². The number of carboxylic acids is 1. The summed E-state index contributed by atoms with van der Waals surface area (Å²) < 4.78 is 1.65. The van der Waals surface area contributed by atoms with Crippen LogP contribution in [0.15, 0.2) is 29.8 Å². The summed E-state index contributed by atoms with van der Waals surface area (Å²) >= 11 is 0. The van der Waals surface area contributed by atoms with Crippen LogP contribution in [-0.4, -0.2) is 38.4 Å². The SMILES string of the molecule is CC1CC/C(=[N+](\C)[N-]c2ccc([N+](=O)[O-])cc2[N+](=O)[O-])C2CCC(C(C)C(=O)O)C=C12. The van der Waals surface area contributed by atoms with Gasteiger partial charge in [0.05, 0.1) is 27.7 Å². The summed E-state index contributed by atoms with van der Waals surface area (Å²) in [7, 11) is 1.74. The lowest BCUT2D eigenvalue weighted by atomic mass is 9.67. The van der Waals surface area contributed by atoms with Crippen LogP contribution < -0.4 is 0 Å². The molecule has 0 heterocycles. The monoisotopic (exact) mass is 430 g/mol. The highest BCUT2D eigenvalue weighted by atomic mass is 16.6. The van der Waals surface area contributed by atoms with Crippen LogP contribution in [0.4, 0.5) is 17.1 Å². The number of rotatable bonds is 6. The third-order valence-electron chi connectivity index (χ3n) is 6.47. The first-order valence-electron chi connectivity index (χ1n) is 10.3. The fraction of sp³-hybridized carbons (Fsp3) is 0.524. The van der Waals surface area contributed by atoms with E-state index in [2.05, 4.69) is 18.4 Å². The maximum atomic E-state index is 11.4. The lowest BCUT2D eigenvalue weighted by Crippen LogP contribution is -2.36. The van der Waals surface area contributed by atoms with Gasteiger partial charge in [0.2, 0.25) is 0 Å². The molecular weight excluding hydrogens is 404 g/mol. The first kappa shape index (κ1) is 22.4. The summed E-state index contributed by atoms with van der Waals surface area (Å²) in [4.78, 5) is 32.4. The lowest BCUT2D eigenvalue weighted by molar-refractivity contribution is -0.444. The molecule has 0 spiro atoms. The maximum Gasteiger partial charge on any atom is 0.306 e. The highest BCUT2D eigenvalue weighted by Crippen LogP contribution is 2.43. The van der Waals surface area contributed by atoms with Crippen LogP contribution in [0.25, 0.3) is 5.43 Å². The number of allylic oxidation sites excluding steroid dienone is 2. The number of carbonyl (C=O) groups is 1. The molecule has 1 aromatic rings. The van der Waals surface area contributed by atoms with E-state index in [0.29, 0.717) is 5.92 Å². The van der Waals surface area contributed by atoms with Gasteiger partial charge in [-0.1, -0.05) is 31.6 Å². The van der Waals surface area contributed by atoms with E-state index in [1.54, 1.807) is 18.7 Å². The summed E-state index contributed by atoms with van der Waals surface area (Å²) in [5, 5.41) is 31.7. The molecule has 0 bridgehead atoms. The molecule has 31 heavy (non-hydrogen) atoms. The zero-order valence-electron chi connectivity index (χ0n) is 17.7. The van der Waals surface area contributed by atoms with Crippen LogP contribution in [0.2, 0.25) is 0 Å². The molecule has 0 aromatic heterocycles. The van der Waals surface area contributed by atoms with E-state index in [0.717, 1.165) is 37.5 Å². The molecule has 0 saturated heterocycles. The first-order chi connectivity index (χ1) is 14.6. The Kier molecular flexibility index (Phi) is 6.37. The quantitative estimate of drug-likeness (QED) is 0.302. The maximum absolute atomic E-state index is 11.4. The second kappa shape index (κ2) is 8.83. The van der Waals surface area contributed by atoms with Crippen molar-refractivity contribution in [3.05, 3.63) is 55.5 Å². The highest BCUT2D eigenvalue weighted by molar-refractivity contribution is 5.87. The second-order valence-corrected chi connectivity index (χ2v) is 8.33. The molecule has 4 atom stereocenters.